The standard InChI is InChI=1S/C33H43ClN4O4/c1-3-18-38(33(41)42-25-27-8-5-4-6-9-27)31-16-21-35(22-17-31)19-7-20-37(30-12-10-29(34)11-13-30)32(40)28-14-23-36(24-15-28)26(2)39/h3-6,8-13,28,31H,1,7,14-25H2,2H3. The van der Waals surface area contributed by atoms with Crippen LogP contribution in [-0.4, -0.2) is 84.5 Å². The molecule has 4 rings (SSSR count). The van der Waals surface area contributed by atoms with Crippen LogP contribution in [0.5, 0.6) is 0 Å². The monoisotopic (exact) mass is 594 g/mol. The van der Waals surface area contributed by atoms with E-state index < -0.39 is 0 Å². The molecule has 0 N–H and O–H groups in total. The molecule has 0 unspecified atom stereocenters. The third kappa shape index (κ3) is 8.82. The summed E-state index contributed by atoms with van der Waals surface area (Å²) in [6, 6.07) is 17.3. The Hall–Kier alpha value is -3.36. The summed E-state index contributed by atoms with van der Waals surface area (Å²) >= 11 is 6.13. The molecule has 2 aliphatic rings. The Morgan fingerprint density at radius 1 is 0.976 bits per heavy atom. The van der Waals surface area contributed by atoms with E-state index in [2.05, 4.69) is 11.5 Å². The lowest BCUT2D eigenvalue weighted by molar-refractivity contribution is -0.133. The van der Waals surface area contributed by atoms with Crippen molar-refractivity contribution in [3.8, 4) is 0 Å². The molecule has 0 aliphatic carbocycles. The molecule has 2 fully saturated rings. The molecule has 0 radical (unpaired) electrons. The van der Waals surface area contributed by atoms with Gasteiger partial charge in [-0.25, -0.2) is 4.79 Å². The summed E-state index contributed by atoms with van der Waals surface area (Å²) in [5.41, 5.74) is 1.82. The topological polar surface area (TPSA) is 73.4 Å². The van der Waals surface area contributed by atoms with Gasteiger partial charge >= 0.3 is 6.09 Å². The highest BCUT2D eigenvalue weighted by atomic mass is 35.5. The van der Waals surface area contributed by atoms with Crippen LogP contribution in [0.15, 0.2) is 67.3 Å². The van der Waals surface area contributed by atoms with Gasteiger partial charge in [-0.15, -0.1) is 6.58 Å². The molecule has 0 saturated carbocycles. The van der Waals surface area contributed by atoms with Crippen molar-refractivity contribution < 1.29 is 19.1 Å². The first-order chi connectivity index (χ1) is 20.4. The Morgan fingerprint density at radius 3 is 2.26 bits per heavy atom. The molecule has 9 heteroatoms. The van der Waals surface area contributed by atoms with Crippen molar-refractivity contribution in [2.75, 3.05) is 50.7 Å². The molecule has 8 nitrogen and oxygen atoms in total. The second-order valence-corrected chi connectivity index (χ2v) is 11.6. The van der Waals surface area contributed by atoms with Crippen molar-refractivity contribution >= 4 is 35.2 Å². The van der Waals surface area contributed by atoms with E-state index >= 15 is 0 Å². The Kier molecular flexibility index (Phi) is 11.8. The average molecular weight is 595 g/mol. The molecule has 2 heterocycles. The van der Waals surface area contributed by atoms with Gasteiger partial charge in [0.1, 0.15) is 6.61 Å². The van der Waals surface area contributed by atoms with Gasteiger partial charge in [0, 0.05) is 68.9 Å². The predicted octanol–water partition coefficient (Wildman–Crippen LogP) is 5.61. The first-order valence-electron chi connectivity index (χ1n) is 15.0. The molecular formula is C33H43ClN4O4. The van der Waals surface area contributed by atoms with Crippen LogP contribution in [0.4, 0.5) is 10.5 Å². The zero-order valence-corrected chi connectivity index (χ0v) is 25.4. The smallest absolute Gasteiger partial charge is 0.410 e. The minimum atomic E-state index is -0.302. The number of amides is 3. The molecule has 2 aliphatic heterocycles. The highest BCUT2D eigenvalue weighted by molar-refractivity contribution is 6.30. The van der Waals surface area contributed by atoms with E-state index in [0.717, 1.165) is 50.1 Å². The molecule has 0 atom stereocenters. The van der Waals surface area contributed by atoms with Crippen LogP contribution in [0.3, 0.4) is 0 Å². The largest absolute Gasteiger partial charge is 0.445 e. The summed E-state index contributed by atoms with van der Waals surface area (Å²) in [5.74, 6) is 0.0914. The molecule has 226 valence electrons. The Balaban J connectivity index is 1.28. The minimum absolute atomic E-state index is 0.0657. The van der Waals surface area contributed by atoms with E-state index in [1.807, 2.05) is 64.4 Å². The first kappa shape index (κ1) is 31.6. The number of likely N-dealkylation sites (tertiary alicyclic amines) is 2. The molecule has 0 aromatic heterocycles. The summed E-state index contributed by atoms with van der Waals surface area (Å²) in [6.07, 6.45) is 5.38. The number of carbonyl (C=O) groups is 3. The maximum atomic E-state index is 13.6. The highest BCUT2D eigenvalue weighted by Gasteiger charge is 2.31. The summed E-state index contributed by atoms with van der Waals surface area (Å²) < 4.78 is 5.61. The van der Waals surface area contributed by atoms with E-state index in [1.54, 1.807) is 17.9 Å². The number of anilines is 1. The summed E-state index contributed by atoms with van der Waals surface area (Å²) in [7, 11) is 0. The second kappa shape index (κ2) is 15.8. The Bertz CT molecular complexity index is 1180. The minimum Gasteiger partial charge on any atom is -0.445 e. The first-order valence-corrected chi connectivity index (χ1v) is 15.4. The van der Waals surface area contributed by atoms with Crippen LogP contribution in [0.25, 0.3) is 0 Å². The van der Waals surface area contributed by atoms with Gasteiger partial charge in [-0.1, -0.05) is 48.0 Å². The molecule has 2 aromatic rings. The fraction of sp³-hybridized carbons (Fsp3) is 0.485. The zero-order valence-electron chi connectivity index (χ0n) is 24.6. The number of rotatable bonds is 11. The molecular weight excluding hydrogens is 552 g/mol. The van der Waals surface area contributed by atoms with Crippen molar-refractivity contribution in [2.24, 2.45) is 5.92 Å². The predicted molar refractivity (Wildman–Crippen MR) is 166 cm³/mol. The number of carbonyl (C=O) groups excluding carboxylic acids is 3. The molecule has 2 aromatic carbocycles. The summed E-state index contributed by atoms with van der Waals surface area (Å²) in [4.78, 5) is 46.2. The fourth-order valence-corrected chi connectivity index (χ4v) is 6.00. The van der Waals surface area contributed by atoms with Gasteiger partial charge < -0.3 is 24.3 Å². The number of halogens is 1. The Labute approximate surface area is 254 Å². The summed E-state index contributed by atoms with van der Waals surface area (Å²) in [5, 5.41) is 0.637. The van der Waals surface area contributed by atoms with Crippen LogP contribution < -0.4 is 4.90 Å². The Morgan fingerprint density at radius 2 is 1.64 bits per heavy atom. The van der Waals surface area contributed by atoms with Gasteiger partial charge in [-0.05, 0) is 68.5 Å². The third-order valence-corrected chi connectivity index (χ3v) is 8.57. The average Bonchev–Trinajstić information content (AvgIpc) is 3.02. The van der Waals surface area contributed by atoms with Crippen LogP contribution in [0.1, 0.15) is 44.6 Å². The quantitative estimate of drug-likeness (QED) is 0.316. The van der Waals surface area contributed by atoms with Gasteiger partial charge in [0.2, 0.25) is 11.8 Å². The maximum absolute atomic E-state index is 13.6. The van der Waals surface area contributed by atoms with Crippen molar-refractivity contribution in [1.82, 2.24) is 14.7 Å². The van der Waals surface area contributed by atoms with Crippen LogP contribution in [0, 0.1) is 5.92 Å². The zero-order chi connectivity index (χ0) is 29.9. The lowest BCUT2D eigenvalue weighted by Gasteiger charge is -2.38. The highest BCUT2D eigenvalue weighted by Crippen LogP contribution is 2.26. The van der Waals surface area contributed by atoms with E-state index in [1.165, 1.54) is 0 Å². The third-order valence-electron chi connectivity index (χ3n) is 8.31. The van der Waals surface area contributed by atoms with Crippen molar-refractivity contribution in [2.45, 2.75) is 51.7 Å². The van der Waals surface area contributed by atoms with Crippen molar-refractivity contribution in [3.05, 3.63) is 77.8 Å². The van der Waals surface area contributed by atoms with Crippen molar-refractivity contribution in [1.29, 1.82) is 0 Å². The number of piperidine rings is 2. The SMILES string of the molecule is C=CCN(C(=O)OCc1ccccc1)C1CCN(CCCN(C(=O)C2CCN(C(C)=O)CC2)c2ccc(Cl)cc2)CC1. The van der Waals surface area contributed by atoms with Gasteiger partial charge in [-0.3, -0.25) is 9.59 Å². The number of ether oxygens (including phenoxy) is 1. The van der Waals surface area contributed by atoms with Gasteiger partial charge in [0.05, 0.1) is 0 Å². The number of hydrogen-bond acceptors (Lipinski definition) is 5. The molecule has 0 spiro atoms. The van der Waals surface area contributed by atoms with Gasteiger partial charge in [0.15, 0.2) is 0 Å². The fourth-order valence-electron chi connectivity index (χ4n) is 5.87. The molecule has 42 heavy (non-hydrogen) atoms. The molecule has 2 saturated heterocycles. The van der Waals surface area contributed by atoms with Crippen LogP contribution in [-0.2, 0) is 20.9 Å². The lowest BCUT2D eigenvalue weighted by Crippen LogP contribution is -2.48. The van der Waals surface area contributed by atoms with Crippen molar-refractivity contribution in [3.63, 3.8) is 0 Å². The number of hydrogen-bond donors (Lipinski definition) is 0. The van der Waals surface area contributed by atoms with Crippen LogP contribution >= 0.6 is 11.6 Å². The van der Waals surface area contributed by atoms with E-state index in [9.17, 15) is 14.4 Å². The lowest BCUT2D eigenvalue weighted by atomic mass is 9.94. The van der Waals surface area contributed by atoms with E-state index in [-0.39, 0.29) is 36.5 Å². The second-order valence-electron chi connectivity index (χ2n) is 11.2. The van der Waals surface area contributed by atoms with E-state index in [4.69, 9.17) is 16.3 Å². The van der Waals surface area contributed by atoms with E-state index in [0.29, 0.717) is 44.0 Å². The maximum Gasteiger partial charge on any atom is 0.410 e. The summed E-state index contributed by atoms with van der Waals surface area (Å²) in [6.45, 7) is 10.6. The molecule has 0 bridgehead atoms. The van der Waals surface area contributed by atoms with Crippen LogP contribution in [0.2, 0.25) is 5.02 Å². The van der Waals surface area contributed by atoms with Gasteiger partial charge in [0.25, 0.3) is 0 Å². The number of benzene rings is 2. The number of nitrogens with zero attached hydrogens (tertiary/aromatic N) is 4. The normalized spacial score (nSPS) is 16.6. The van der Waals surface area contributed by atoms with Gasteiger partial charge in [-0.2, -0.15) is 0 Å². The molecule has 3 amide bonds.